The van der Waals surface area contributed by atoms with Crippen LogP contribution in [-0.2, 0) is 28.5 Å². The Balaban J connectivity index is 1.20. The third kappa shape index (κ3) is 5.66. The highest BCUT2D eigenvalue weighted by molar-refractivity contribution is 5.70. The van der Waals surface area contributed by atoms with E-state index in [1.807, 2.05) is 0 Å². The molecule has 0 radical (unpaired) electrons. The summed E-state index contributed by atoms with van der Waals surface area (Å²) in [5, 5.41) is 8.40. The molecule has 4 saturated carbocycles. The van der Waals surface area contributed by atoms with Gasteiger partial charge in [0.25, 0.3) is 0 Å². The summed E-state index contributed by atoms with van der Waals surface area (Å²) in [4.78, 5) is 22.4. The second-order valence-electron chi connectivity index (χ2n) is 8.00. The zero-order valence-corrected chi connectivity index (χ0v) is 15.3. The molecule has 0 heterocycles. The van der Waals surface area contributed by atoms with Crippen LogP contribution in [0.4, 0.5) is 0 Å². The minimum Gasteiger partial charge on any atom is -0.480 e. The van der Waals surface area contributed by atoms with Crippen molar-refractivity contribution in [1.82, 2.24) is 0 Å². The molecule has 0 atom stereocenters. The van der Waals surface area contributed by atoms with E-state index in [4.69, 9.17) is 24.1 Å². The van der Waals surface area contributed by atoms with Crippen molar-refractivity contribution in [2.45, 2.75) is 50.5 Å². The van der Waals surface area contributed by atoms with Crippen molar-refractivity contribution in [3.05, 3.63) is 0 Å². The molecule has 0 spiro atoms. The number of carbonyl (C=O) groups excluding carboxylic acids is 1. The molecule has 0 saturated heterocycles. The van der Waals surface area contributed by atoms with Crippen LogP contribution < -0.4 is 0 Å². The standard InChI is InChI=1S/C19H30O7/c20-17(21)13-25-6-5-24-4-3-23-2-1-18(22)26-19-10-14-7-15(11-19)9-16(8-14)12-19/h14-16H,1-13H2,(H,20,21). The molecule has 4 fully saturated rings. The smallest absolute Gasteiger partial charge is 0.329 e. The second-order valence-corrected chi connectivity index (χ2v) is 8.00. The van der Waals surface area contributed by atoms with E-state index < -0.39 is 5.97 Å². The minimum atomic E-state index is -0.992. The fourth-order valence-corrected chi connectivity index (χ4v) is 5.20. The molecule has 0 unspecified atom stereocenters. The van der Waals surface area contributed by atoms with Crippen LogP contribution in [0.15, 0.2) is 0 Å². The molecular formula is C19H30O7. The molecule has 0 aliphatic heterocycles. The Morgan fingerprint density at radius 3 is 1.85 bits per heavy atom. The van der Waals surface area contributed by atoms with Gasteiger partial charge in [-0.05, 0) is 56.3 Å². The Kier molecular flexibility index (Phi) is 6.89. The number of carboxylic acid groups (broad SMARTS) is 1. The third-order valence-corrected chi connectivity index (χ3v) is 5.73. The highest BCUT2D eigenvalue weighted by atomic mass is 16.6. The van der Waals surface area contributed by atoms with Crippen molar-refractivity contribution in [2.24, 2.45) is 17.8 Å². The van der Waals surface area contributed by atoms with Gasteiger partial charge in [0, 0.05) is 0 Å². The maximum Gasteiger partial charge on any atom is 0.329 e. The first-order valence-corrected chi connectivity index (χ1v) is 9.71. The van der Waals surface area contributed by atoms with Crippen LogP contribution in [0.2, 0.25) is 0 Å². The minimum absolute atomic E-state index is 0.144. The van der Waals surface area contributed by atoms with Gasteiger partial charge in [0.1, 0.15) is 12.2 Å². The second kappa shape index (κ2) is 9.15. The van der Waals surface area contributed by atoms with Crippen molar-refractivity contribution in [2.75, 3.05) is 39.6 Å². The van der Waals surface area contributed by atoms with Crippen LogP contribution in [0.5, 0.6) is 0 Å². The Hall–Kier alpha value is -1.18. The van der Waals surface area contributed by atoms with Gasteiger partial charge in [0.2, 0.25) is 0 Å². The number of carbonyl (C=O) groups is 2. The Morgan fingerprint density at radius 1 is 0.808 bits per heavy atom. The monoisotopic (exact) mass is 370 g/mol. The lowest BCUT2D eigenvalue weighted by atomic mass is 9.54. The number of carboxylic acids is 1. The van der Waals surface area contributed by atoms with Crippen molar-refractivity contribution < 1.29 is 33.6 Å². The average Bonchev–Trinajstić information content (AvgIpc) is 2.54. The zero-order chi connectivity index (χ0) is 18.4. The summed E-state index contributed by atoms with van der Waals surface area (Å²) in [5.74, 6) is 1.16. The van der Waals surface area contributed by atoms with Crippen LogP contribution in [-0.4, -0.2) is 62.3 Å². The van der Waals surface area contributed by atoms with E-state index in [2.05, 4.69) is 0 Å². The van der Waals surface area contributed by atoms with Crippen molar-refractivity contribution in [3.63, 3.8) is 0 Å². The number of aliphatic carboxylic acids is 1. The first-order chi connectivity index (χ1) is 12.5. The molecule has 7 heteroatoms. The lowest BCUT2D eigenvalue weighted by Crippen LogP contribution is -2.52. The molecule has 148 valence electrons. The zero-order valence-electron chi connectivity index (χ0n) is 15.3. The summed E-state index contributed by atoms with van der Waals surface area (Å²) in [6.07, 6.45) is 7.46. The quantitative estimate of drug-likeness (QED) is 0.415. The Labute approximate surface area is 154 Å². The summed E-state index contributed by atoms with van der Waals surface area (Å²) in [7, 11) is 0. The SMILES string of the molecule is O=C(O)COCCOCCOCCC(=O)OC12CC3CC(CC(C3)C1)C2. The molecule has 4 aliphatic rings. The van der Waals surface area contributed by atoms with Crippen LogP contribution >= 0.6 is 0 Å². The topological polar surface area (TPSA) is 91.3 Å². The third-order valence-electron chi connectivity index (χ3n) is 5.73. The maximum atomic E-state index is 12.2. The van der Waals surface area contributed by atoms with Gasteiger partial charge in [0.15, 0.2) is 0 Å². The number of esters is 1. The van der Waals surface area contributed by atoms with Gasteiger partial charge in [-0.25, -0.2) is 4.79 Å². The summed E-state index contributed by atoms with van der Waals surface area (Å²) in [5.41, 5.74) is -0.176. The van der Waals surface area contributed by atoms with Gasteiger partial charge in [-0.3, -0.25) is 4.79 Å². The van der Waals surface area contributed by atoms with Crippen LogP contribution in [0.25, 0.3) is 0 Å². The van der Waals surface area contributed by atoms with E-state index >= 15 is 0 Å². The number of ether oxygens (including phenoxy) is 4. The van der Waals surface area contributed by atoms with Gasteiger partial charge in [-0.15, -0.1) is 0 Å². The van der Waals surface area contributed by atoms with E-state index in [0.29, 0.717) is 26.4 Å². The van der Waals surface area contributed by atoms with Gasteiger partial charge >= 0.3 is 11.9 Å². The molecule has 0 aromatic carbocycles. The highest BCUT2D eigenvalue weighted by Crippen LogP contribution is 2.57. The van der Waals surface area contributed by atoms with E-state index in [1.165, 1.54) is 19.3 Å². The molecule has 4 aliphatic carbocycles. The van der Waals surface area contributed by atoms with Gasteiger partial charge in [-0.1, -0.05) is 0 Å². The molecule has 7 nitrogen and oxygen atoms in total. The first-order valence-electron chi connectivity index (χ1n) is 9.71. The molecule has 0 amide bonds. The predicted octanol–water partition coefficient (Wildman–Crippen LogP) is 2.02. The fraction of sp³-hybridized carbons (Fsp3) is 0.895. The molecule has 0 aromatic rings. The fourth-order valence-electron chi connectivity index (χ4n) is 5.20. The van der Waals surface area contributed by atoms with Gasteiger partial charge < -0.3 is 24.1 Å². The van der Waals surface area contributed by atoms with Crippen LogP contribution in [0.1, 0.15) is 44.9 Å². The molecule has 4 rings (SSSR count). The molecular weight excluding hydrogens is 340 g/mol. The average molecular weight is 370 g/mol. The maximum absolute atomic E-state index is 12.2. The van der Waals surface area contributed by atoms with Crippen LogP contribution in [0, 0.1) is 17.8 Å². The van der Waals surface area contributed by atoms with E-state index in [9.17, 15) is 9.59 Å². The Bertz CT molecular complexity index is 455. The number of hydrogen-bond donors (Lipinski definition) is 1. The molecule has 1 N–H and O–H groups in total. The van der Waals surface area contributed by atoms with Gasteiger partial charge in [0.05, 0.1) is 39.5 Å². The normalized spacial score (nSPS) is 31.9. The first kappa shape index (κ1) is 19.6. The van der Waals surface area contributed by atoms with Crippen LogP contribution in [0.3, 0.4) is 0 Å². The van der Waals surface area contributed by atoms with Crippen molar-refractivity contribution in [1.29, 1.82) is 0 Å². The Morgan fingerprint density at radius 2 is 1.31 bits per heavy atom. The molecule has 0 aromatic heterocycles. The highest BCUT2D eigenvalue weighted by Gasteiger charge is 2.53. The van der Waals surface area contributed by atoms with Crippen molar-refractivity contribution in [3.8, 4) is 0 Å². The van der Waals surface area contributed by atoms with E-state index in [0.717, 1.165) is 37.0 Å². The predicted molar refractivity (Wildman–Crippen MR) is 91.7 cm³/mol. The summed E-state index contributed by atoms with van der Waals surface area (Å²) in [6, 6.07) is 0. The van der Waals surface area contributed by atoms with E-state index in [1.54, 1.807) is 0 Å². The number of hydrogen-bond acceptors (Lipinski definition) is 6. The number of rotatable bonds is 12. The van der Waals surface area contributed by atoms with Crippen molar-refractivity contribution >= 4 is 11.9 Å². The molecule has 26 heavy (non-hydrogen) atoms. The summed E-state index contributed by atoms with van der Waals surface area (Å²) in [6.45, 7) is 1.37. The largest absolute Gasteiger partial charge is 0.480 e. The van der Waals surface area contributed by atoms with Gasteiger partial charge in [-0.2, -0.15) is 0 Å². The van der Waals surface area contributed by atoms with E-state index in [-0.39, 0.29) is 31.2 Å². The summed E-state index contributed by atoms with van der Waals surface area (Å²) < 4.78 is 21.4. The lowest BCUT2D eigenvalue weighted by Gasteiger charge is -2.55. The molecule has 4 bridgehead atoms. The lowest BCUT2D eigenvalue weighted by molar-refractivity contribution is -0.187. The summed E-state index contributed by atoms with van der Waals surface area (Å²) >= 11 is 0.